The van der Waals surface area contributed by atoms with Crippen molar-refractivity contribution in [2.45, 2.75) is 6.36 Å². The third kappa shape index (κ3) is 4.13. The quantitative estimate of drug-likeness (QED) is 0.853. The molecule has 3 N–H and O–H groups in total. The van der Waals surface area contributed by atoms with Gasteiger partial charge in [-0.25, -0.2) is 0 Å². The van der Waals surface area contributed by atoms with Crippen molar-refractivity contribution >= 4 is 17.3 Å². The van der Waals surface area contributed by atoms with Gasteiger partial charge in [0.25, 0.3) is 5.91 Å². The summed E-state index contributed by atoms with van der Waals surface area (Å²) >= 11 is 0. The molecule has 0 aromatic heterocycles. The molecule has 4 nitrogen and oxygen atoms in total. The summed E-state index contributed by atoms with van der Waals surface area (Å²) in [5.74, 6) is -0.871. The molecule has 110 valence electrons. The molecule has 2 aromatic carbocycles. The van der Waals surface area contributed by atoms with Crippen molar-refractivity contribution in [3.8, 4) is 5.75 Å². The van der Waals surface area contributed by atoms with Crippen LogP contribution in [0.3, 0.4) is 0 Å². The molecular formula is C14H11F3N2O2. The van der Waals surface area contributed by atoms with Gasteiger partial charge < -0.3 is 15.8 Å². The van der Waals surface area contributed by atoms with E-state index in [9.17, 15) is 18.0 Å². The van der Waals surface area contributed by atoms with Gasteiger partial charge in [0.1, 0.15) is 5.75 Å². The number of amides is 1. The number of nitrogens with two attached hydrogens (primary N) is 1. The zero-order chi connectivity index (χ0) is 15.5. The Kier molecular flexibility index (Phi) is 4.02. The molecule has 7 heteroatoms. The Morgan fingerprint density at radius 2 is 1.67 bits per heavy atom. The van der Waals surface area contributed by atoms with E-state index in [1.165, 1.54) is 12.1 Å². The Morgan fingerprint density at radius 3 is 2.24 bits per heavy atom. The second-order valence-electron chi connectivity index (χ2n) is 4.11. The molecule has 0 aliphatic carbocycles. The lowest BCUT2D eigenvalue weighted by molar-refractivity contribution is -0.274. The summed E-state index contributed by atoms with van der Waals surface area (Å²) in [6, 6.07) is 11.3. The zero-order valence-electron chi connectivity index (χ0n) is 10.6. The van der Waals surface area contributed by atoms with E-state index in [1.807, 2.05) is 0 Å². The number of rotatable bonds is 3. The topological polar surface area (TPSA) is 64.3 Å². The summed E-state index contributed by atoms with van der Waals surface area (Å²) in [6.07, 6.45) is -4.76. The molecule has 2 aromatic rings. The third-order valence-electron chi connectivity index (χ3n) is 2.56. The van der Waals surface area contributed by atoms with Crippen molar-refractivity contribution in [2.24, 2.45) is 0 Å². The fourth-order valence-corrected chi connectivity index (χ4v) is 1.61. The van der Waals surface area contributed by atoms with E-state index < -0.39 is 18.0 Å². The molecule has 0 unspecified atom stereocenters. The Morgan fingerprint density at radius 1 is 1.05 bits per heavy atom. The maximum atomic E-state index is 12.0. The number of benzene rings is 2. The number of nitrogens with one attached hydrogen (secondary N) is 1. The molecule has 0 saturated heterocycles. The van der Waals surface area contributed by atoms with E-state index in [2.05, 4.69) is 10.1 Å². The molecule has 2 rings (SSSR count). The van der Waals surface area contributed by atoms with Crippen molar-refractivity contribution in [3.63, 3.8) is 0 Å². The van der Waals surface area contributed by atoms with Gasteiger partial charge in [0.2, 0.25) is 0 Å². The predicted octanol–water partition coefficient (Wildman–Crippen LogP) is 3.42. The van der Waals surface area contributed by atoms with Crippen LogP contribution in [-0.2, 0) is 0 Å². The first-order valence-electron chi connectivity index (χ1n) is 5.87. The number of ether oxygens (including phenoxy) is 1. The van der Waals surface area contributed by atoms with E-state index in [4.69, 9.17) is 5.73 Å². The second kappa shape index (κ2) is 5.74. The number of hydrogen-bond donors (Lipinski definition) is 2. The Labute approximate surface area is 118 Å². The number of para-hydroxylation sites is 2. The van der Waals surface area contributed by atoms with Gasteiger partial charge in [0, 0.05) is 5.56 Å². The maximum Gasteiger partial charge on any atom is 0.573 e. The van der Waals surface area contributed by atoms with E-state index in [-0.39, 0.29) is 5.56 Å². The highest BCUT2D eigenvalue weighted by Crippen LogP contribution is 2.23. The number of carbonyl (C=O) groups is 1. The van der Waals surface area contributed by atoms with Crippen LogP contribution in [0.4, 0.5) is 24.5 Å². The smallest absolute Gasteiger partial charge is 0.406 e. The van der Waals surface area contributed by atoms with Crippen LogP contribution in [0.2, 0.25) is 0 Å². The first kappa shape index (κ1) is 14.7. The fourth-order valence-electron chi connectivity index (χ4n) is 1.61. The Hall–Kier alpha value is -2.70. The Bertz CT molecular complexity index is 639. The Balaban J connectivity index is 2.08. The van der Waals surface area contributed by atoms with Crippen LogP contribution in [-0.4, -0.2) is 12.3 Å². The van der Waals surface area contributed by atoms with Crippen LogP contribution in [0.5, 0.6) is 5.75 Å². The molecule has 1 amide bonds. The first-order valence-corrected chi connectivity index (χ1v) is 5.87. The molecule has 0 bridgehead atoms. The lowest BCUT2D eigenvalue weighted by Crippen LogP contribution is -2.17. The van der Waals surface area contributed by atoms with Gasteiger partial charge in [-0.3, -0.25) is 4.79 Å². The molecule has 0 fully saturated rings. The minimum absolute atomic E-state index is 0.188. The van der Waals surface area contributed by atoms with Crippen LogP contribution in [0.15, 0.2) is 48.5 Å². The van der Waals surface area contributed by atoms with Gasteiger partial charge in [-0.15, -0.1) is 13.2 Å². The lowest BCUT2D eigenvalue weighted by Gasteiger charge is -2.10. The minimum Gasteiger partial charge on any atom is -0.406 e. The van der Waals surface area contributed by atoms with Crippen molar-refractivity contribution in [1.82, 2.24) is 0 Å². The summed E-state index contributed by atoms with van der Waals surface area (Å²) in [7, 11) is 0. The molecule has 0 aliphatic rings. The van der Waals surface area contributed by atoms with Crippen molar-refractivity contribution in [1.29, 1.82) is 0 Å². The highest BCUT2D eigenvalue weighted by Gasteiger charge is 2.31. The average molecular weight is 296 g/mol. The molecule has 21 heavy (non-hydrogen) atoms. The zero-order valence-corrected chi connectivity index (χ0v) is 10.6. The number of hydrogen-bond acceptors (Lipinski definition) is 3. The normalized spacial score (nSPS) is 11.0. The highest BCUT2D eigenvalue weighted by molar-refractivity contribution is 6.05. The van der Waals surface area contributed by atoms with Gasteiger partial charge in [-0.1, -0.05) is 12.1 Å². The van der Waals surface area contributed by atoms with Gasteiger partial charge in [0.15, 0.2) is 0 Å². The van der Waals surface area contributed by atoms with Crippen molar-refractivity contribution in [2.75, 3.05) is 11.1 Å². The maximum absolute atomic E-state index is 12.0. The summed E-state index contributed by atoms with van der Waals surface area (Å²) < 4.78 is 39.8. The second-order valence-corrected chi connectivity index (χ2v) is 4.11. The number of carbonyl (C=O) groups excluding carboxylic acids is 1. The average Bonchev–Trinajstić information content (AvgIpc) is 2.40. The van der Waals surface area contributed by atoms with E-state index in [0.29, 0.717) is 11.4 Å². The van der Waals surface area contributed by atoms with E-state index in [1.54, 1.807) is 24.3 Å². The largest absolute Gasteiger partial charge is 0.573 e. The van der Waals surface area contributed by atoms with Gasteiger partial charge in [0.05, 0.1) is 11.4 Å². The monoisotopic (exact) mass is 296 g/mol. The standard InChI is InChI=1S/C14H11F3N2O2/c15-14(16,17)21-10-7-5-9(6-8-10)13(20)19-12-4-2-1-3-11(12)18/h1-8H,18H2,(H,19,20). The summed E-state index contributed by atoms with van der Waals surface area (Å²) in [5, 5.41) is 2.57. The highest BCUT2D eigenvalue weighted by atomic mass is 19.4. The predicted molar refractivity (Wildman–Crippen MR) is 71.9 cm³/mol. The number of anilines is 2. The SMILES string of the molecule is Nc1ccccc1NC(=O)c1ccc(OC(F)(F)F)cc1. The molecular weight excluding hydrogens is 285 g/mol. The lowest BCUT2D eigenvalue weighted by atomic mass is 10.2. The van der Waals surface area contributed by atoms with Crippen molar-refractivity contribution in [3.05, 3.63) is 54.1 Å². The fraction of sp³-hybridized carbons (Fsp3) is 0.0714. The summed E-state index contributed by atoms with van der Waals surface area (Å²) in [6.45, 7) is 0. The molecule has 0 aliphatic heterocycles. The van der Waals surface area contributed by atoms with Crippen molar-refractivity contribution < 1.29 is 22.7 Å². The summed E-state index contributed by atoms with van der Waals surface area (Å²) in [4.78, 5) is 11.9. The van der Waals surface area contributed by atoms with Crippen LogP contribution in [0, 0.1) is 0 Å². The van der Waals surface area contributed by atoms with Crippen LogP contribution in [0.25, 0.3) is 0 Å². The molecule has 0 atom stereocenters. The number of halogens is 3. The molecule has 0 saturated carbocycles. The first-order chi connectivity index (χ1) is 9.85. The number of alkyl halides is 3. The van der Waals surface area contributed by atoms with Crippen LogP contribution >= 0.6 is 0 Å². The van der Waals surface area contributed by atoms with Crippen LogP contribution < -0.4 is 15.8 Å². The van der Waals surface area contributed by atoms with Gasteiger partial charge in [-0.05, 0) is 36.4 Å². The molecule has 0 heterocycles. The third-order valence-corrected chi connectivity index (χ3v) is 2.56. The van der Waals surface area contributed by atoms with E-state index in [0.717, 1.165) is 12.1 Å². The van der Waals surface area contributed by atoms with E-state index >= 15 is 0 Å². The van der Waals surface area contributed by atoms with Crippen LogP contribution in [0.1, 0.15) is 10.4 Å². The minimum atomic E-state index is -4.76. The molecule has 0 spiro atoms. The number of nitrogen functional groups attached to an aromatic ring is 1. The summed E-state index contributed by atoms with van der Waals surface area (Å²) in [5.41, 5.74) is 6.69. The van der Waals surface area contributed by atoms with Gasteiger partial charge >= 0.3 is 6.36 Å². The van der Waals surface area contributed by atoms with Gasteiger partial charge in [-0.2, -0.15) is 0 Å². The molecule has 0 radical (unpaired) electrons.